The normalized spacial score (nSPS) is 23.0. The number of fused-ring (bicyclic) bond motifs is 3. The van der Waals surface area contributed by atoms with Gasteiger partial charge in [0.05, 0.1) is 24.3 Å². The number of rotatable bonds is 7. The number of carbonyl (C=O) groups excluding carboxylic acids is 1. The van der Waals surface area contributed by atoms with Crippen LogP contribution in [0.2, 0.25) is 5.02 Å². The van der Waals surface area contributed by atoms with E-state index in [1.165, 1.54) is 4.31 Å². The second-order valence-corrected chi connectivity index (χ2v) is 11.6. The van der Waals surface area contributed by atoms with Crippen molar-refractivity contribution in [1.82, 2.24) is 4.31 Å². The number of esters is 1. The Bertz CT molecular complexity index is 1700. The third-order valence-electron chi connectivity index (χ3n) is 7.35. The summed E-state index contributed by atoms with van der Waals surface area (Å²) in [6.07, 6.45) is 3.71. The second kappa shape index (κ2) is 10.8. The molecule has 0 amide bonds. The Hall–Kier alpha value is -3.95. The van der Waals surface area contributed by atoms with Crippen LogP contribution in [-0.2, 0) is 31.0 Å². The molecule has 2 aliphatic heterocycles. The van der Waals surface area contributed by atoms with Gasteiger partial charge in [-0.1, -0.05) is 96.5 Å². The minimum Gasteiger partial charge on any atom is -0.462 e. The molecular formula is C32H26ClNO6S. The maximum absolute atomic E-state index is 14.1. The van der Waals surface area contributed by atoms with Crippen LogP contribution in [0, 0.1) is 0 Å². The molecule has 0 radical (unpaired) electrons. The number of para-hydroxylation sites is 1. The van der Waals surface area contributed by atoms with Crippen LogP contribution in [0.5, 0.6) is 5.75 Å². The molecule has 208 valence electrons. The van der Waals surface area contributed by atoms with Gasteiger partial charge in [-0.2, -0.15) is 8.42 Å². The highest BCUT2D eigenvalue weighted by molar-refractivity contribution is 7.84. The Morgan fingerprint density at radius 1 is 0.902 bits per heavy atom. The number of nitrogens with zero attached hydrogens (tertiary/aromatic N) is 1. The third-order valence-corrected chi connectivity index (χ3v) is 9.06. The van der Waals surface area contributed by atoms with Gasteiger partial charge in [0.25, 0.3) is 0 Å². The van der Waals surface area contributed by atoms with Crippen molar-refractivity contribution in [2.75, 3.05) is 13.2 Å². The molecule has 0 aliphatic carbocycles. The van der Waals surface area contributed by atoms with E-state index < -0.39 is 27.5 Å². The highest BCUT2D eigenvalue weighted by Gasteiger charge is 2.65. The van der Waals surface area contributed by atoms with Crippen molar-refractivity contribution in [2.45, 2.75) is 17.7 Å². The van der Waals surface area contributed by atoms with E-state index in [0.717, 1.165) is 5.56 Å². The van der Waals surface area contributed by atoms with Gasteiger partial charge in [-0.15, -0.1) is 4.31 Å². The molecule has 7 nitrogen and oxygen atoms in total. The van der Waals surface area contributed by atoms with E-state index in [2.05, 4.69) is 0 Å². The molecule has 4 aromatic rings. The zero-order valence-corrected chi connectivity index (χ0v) is 23.4. The topological polar surface area (TPSA) is 82.1 Å². The maximum atomic E-state index is 14.1. The van der Waals surface area contributed by atoms with Crippen LogP contribution in [0.1, 0.15) is 33.5 Å². The van der Waals surface area contributed by atoms with Gasteiger partial charge in [0.15, 0.2) is 11.5 Å². The monoisotopic (exact) mass is 587 g/mol. The van der Waals surface area contributed by atoms with Gasteiger partial charge in [0.1, 0.15) is 0 Å². The standard InChI is InChI=1S/C32H26ClNO6S/c33-27-17-15-25(16-18-27)30(35)38-22-21-31(26-11-5-2-6-12-26)23-39-32(20-19-24-9-3-1-4-10-24)28-13-7-8-14-29(28)40-41(36,37)34(31)32/h1-20H,21-23H2/b20-19+/t31-,32-/m1/s1. The molecule has 2 atom stereocenters. The van der Waals surface area contributed by atoms with Crippen LogP contribution in [0.25, 0.3) is 6.08 Å². The van der Waals surface area contributed by atoms with Gasteiger partial charge in [-0.3, -0.25) is 0 Å². The fourth-order valence-electron chi connectivity index (χ4n) is 5.45. The third kappa shape index (κ3) is 4.93. The lowest BCUT2D eigenvalue weighted by Crippen LogP contribution is -2.57. The second-order valence-electron chi connectivity index (χ2n) is 9.82. The molecule has 1 saturated heterocycles. The number of ether oxygens (including phenoxy) is 2. The van der Waals surface area contributed by atoms with Crippen LogP contribution in [0.15, 0.2) is 115 Å². The quantitative estimate of drug-likeness (QED) is 0.235. The van der Waals surface area contributed by atoms with Crippen LogP contribution in [-0.4, -0.2) is 31.9 Å². The molecule has 0 spiro atoms. The van der Waals surface area contributed by atoms with Crippen molar-refractivity contribution < 1.29 is 26.9 Å². The van der Waals surface area contributed by atoms with E-state index in [9.17, 15) is 13.2 Å². The van der Waals surface area contributed by atoms with E-state index in [1.54, 1.807) is 48.5 Å². The number of hydrogen-bond donors (Lipinski definition) is 0. The smallest absolute Gasteiger partial charge is 0.389 e. The molecule has 2 heterocycles. The summed E-state index contributed by atoms with van der Waals surface area (Å²) >= 11 is 5.95. The minimum absolute atomic E-state index is 0.00837. The van der Waals surface area contributed by atoms with Crippen molar-refractivity contribution in [3.05, 3.63) is 143 Å². The van der Waals surface area contributed by atoms with Gasteiger partial charge < -0.3 is 13.7 Å². The fraction of sp³-hybridized carbons (Fsp3) is 0.156. The van der Waals surface area contributed by atoms with E-state index in [4.69, 9.17) is 25.3 Å². The molecule has 9 heteroatoms. The van der Waals surface area contributed by atoms with Crippen LogP contribution in [0.4, 0.5) is 0 Å². The Morgan fingerprint density at radius 3 is 2.29 bits per heavy atom. The molecule has 0 N–H and O–H groups in total. The highest BCUT2D eigenvalue weighted by Crippen LogP contribution is 2.56. The molecule has 2 aliphatic rings. The lowest BCUT2D eigenvalue weighted by molar-refractivity contribution is -0.0227. The molecule has 0 aromatic heterocycles. The summed E-state index contributed by atoms with van der Waals surface area (Å²) in [6.45, 7) is -0.0859. The molecule has 41 heavy (non-hydrogen) atoms. The summed E-state index contributed by atoms with van der Waals surface area (Å²) in [5, 5.41) is 0.503. The van der Waals surface area contributed by atoms with Crippen molar-refractivity contribution in [3.63, 3.8) is 0 Å². The summed E-state index contributed by atoms with van der Waals surface area (Å²) in [4.78, 5) is 12.8. The van der Waals surface area contributed by atoms with Crippen LogP contribution >= 0.6 is 11.6 Å². The summed E-state index contributed by atoms with van der Waals surface area (Å²) in [7, 11) is -4.40. The Labute approximate surface area is 243 Å². The van der Waals surface area contributed by atoms with Crippen molar-refractivity contribution in [2.24, 2.45) is 0 Å². The van der Waals surface area contributed by atoms with Crippen LogP contribution < -0.4 is 4.18 Å². The van der Waals surface area contributed by atoms with Crippen molar-refractivity contribution >= 4 is 34.0 Å². The van der Waals surface area contributed by atoms with E-state index in [-0.39, 0.29) is 25.4 Å². The van der Waals surface area contributed by atoms with E-state index >= 15 is 0 Å². The Balaban J connectivity index is 1.44. The highest BCUT2D eigenvalue weighted by atomic mass is 35.5. The van der Waals surface area contributed by atoms with Gasteiger partial charge in [0, 0.05) is 17.0 Å². The average molecular weight is 588 g/mol. The SMILES string of the molecule is O=C(OCC[C@]1(c2ccccc2)CO[C@]2(/C=C/c3ccccc3)c3ccccc3OS(=O)(=O)N12)c1ccc(Cl)cc1. The van der Waals surface area contributed by atoms with Gasteiger partial charge >= 0.3 is 16.3 Å². The molecule has 0 unspecified atom stereocenters. The maximum Gasteiger partial charge on any atom is 0.389 e. The van der Waals surface area contributed by atoms with E-state index in [1.807, 2.05) is 72.8 Å². The summed E-state index contributed by atoms with van der Waals surface area (Å²) in [6, 6.07) is 32.1. The van der Waals surface area contributed by atoms with Crippen molar-refractivity contribution in [1.29, 1.82) is 0 Å². The first-order valence-electron chi connectivity index (χ1n) is 13.1. The minimum atomic E-state index is -4.40. The molecule has 4 aromatic carbocycles. The first-order valence-corrected chi connectivity index (χ1v) is 14.8. The number of carbonyl (C=O) groups is 1. The number of benzene rings is 4. The van der Waals surface area contributed by atoms with Gasteiger partial charge in [-0.25, -0.2) is 4.79 Å². The van der Waals surface area contributed by atoms with Gasteiger partial charge in [0.2, 0.25) is 0 Å². The van der Waals surface area contributed by atoms with E-state index in [0.29, 0.717) is 21.7 Å². The molecule has 0 saturated carbocycles. The molecule has 0 bridgehead atoms. The molecular weight excluding hydrogens is 562 g/mol. The summed E-state index contributed by atoms with van der Waals surface area (Å²) in [5.41, 5.74) is -0.314. The van der Waals surface area contributed by atoms with Gasteiger partial charge in [-0.05, 0) is 47.5 Å². The predicted octanol–water partition coefficient (Wildman–Crippen LogP) is 6.32. The zero-order chi connectivity index (χ0) is 28.5. The summed E-state index contributed by atoms with van der Waals surface area (Å²) in [5.74, 6) is -0.346. The van der Waals surface area contributed by atoms with Crippen molar-refractivity contribution in [3.8, 4) is 5.75 Å². The van der Waals surface area contributed by atoms with Crippen LogP contribution in [0.3, 0.4) is 0 Å². The first-order chi connectivity index (χ1) is 19.8. The Kier molecular flexibility index (Phi) is 7.17. The molecule has 6 rings (SSSR count). The largest absolute Gasteiger partial charge is 0.462 e. The average Bonchev–Trinajstić information content (AvgIpc) is 3.35. The number of halogens is 1. The zero-order valence-electron chi connectivity index (χ0n) is 21.9. The number of hydrogen-bond acceptors (Lipinski definition) is 6. The summed E-state index contributed by atoms with van der Waals surface area (Å²) < 4.78 is 47.3. The first kappa shape index (κ1) is 27.2. The fourth-order valence-corrected chi connectivity index (χ4v) is 7.24. The lowest BCUT2D eigenvalue weighted by atomic mass is 9.86. The Morgan fingerprint density at radius 2 is 1.56 bits per heavy atom. The predicted molar refractivity (Wildman–Crippen MR) is 155 cm³/mol. The lowest BCUT2D eigenvalue weighted by Gasteiger charge is -2.44. The molecule has 1 fully saturated rings.